The van der Waals surface area contributed by atoms with Gasteiger partial charge in [0.15, 0.2) is 5.82 Å². The molecule has 0 radical (unpaired) electrons. The third-order valence-electron chi connectivity index (χ3n) is 2.84. The van der Waals surface area contributed by atoms with E-state index >= 15 is 0 Å². The number of rotatable bonds is 4. The summed E-state index contributed by atoms with van der Waals surface area (Å²) in [6.07, 6.45) is 1.62. The molecule has 1 atom stereocenters. The molecule has 1 aromatic heterocycles. The molecule has 1 unspecified atom stereocenters. The maximum atomic E-state index is 11.2. The van der Waals surface area contributed by atoms with E-state index in [9.17, 15) is 4.79 Å². The van der Waals surface area contributed by atoms with Gasteiger partial charge in [0.1, 0.15) is 6.33 Å². The molecule has 19 heavy (non-hydrogen) atoms. The number of amides is 1. The number of nitrogens with zero attached hydrogens (tertiary/aromatic N) is 3. The van der Waals surface area contributed by atoms with Crippen LogP contribution < -0.4 is 16.8 Å². The summed E-state index contributed by atoms with van der Waals surface area (Å²) in [5, 5.41) is 11.0. The zero-order chi connectivity index (χ0) is 14.0. The van der Waals surface area contributed by atoms with E-state index in [1.54, 1.807) is 24.5 Å². The largest absolute Gasteiger partial charge is 0.397 e. The first-order valence-electron chi connectivity index (χ1n) is 5.79. The van der Waals surface area contributed by atoms with Crippen molar-refractivity contribution in [1.82, 2.24) is 14.8 Å². The predicted molar refractivity (Wildman–Crippen MR) is 72.4 cm³/mol. The summed E-state index contributed by atoms with van der Waals surface area (Å²) in [6.45, 7) is 1.93. The van der Waals surface area contributed by atoms with Crippen molar-refractivity contribution in [2.75, 3.05) is 11.1 Å². The predicted octanol–water partition coefficient (Wildman–Crippen LogP) is 0.669. The highest BCUT2D eigenvalue weighted by Crippen LogP contribution is 2.24. The lowest BCUT2D eigenvalue weighted by atomic mass is 10.1. The van der Waals surface area contributed by atoms with Crippen molar-refractivity contribution in [3.63, 3.8) is 0 Å². The quantitative estimate of drug-likeness (QED) is 0.699. The second kappa shape index (κ2) is 4.97. The lowest BCUT2D eigenvalue weighted by Crippen LogP contribution is -2.15. The average Bonchev–Trinajstić information content (AvgIpc) is 2.78. The molecule has 1 aromatic carbocycles. The second-order valence-corrected chi connectivity index (χ2v) is 4.33. The van der Waals surface area contributed by atoms with Crippen LogP contribution in [0.1, 0.15) is 29.1 Å². The molecule has 5 N–H and O–H groups in total. The van der Waals surface area contributed by atoms with Gasteiger partial charge in [-0.2, -0.15) is 0 Å². The molecule has 7 heteroatoms. The number of nitrogen functional groups attached to an aromatic ring is 1. The molecule has 7 nitrogen and oxygen atoms in total. The summed E-state index contributed by atoms with van der Waals surface area (Å²) in [6, 6.07) is 4.77. The maximum Gasteiger partial charge on any atom is 0.248 e. The van der Waals surface area contributed by atoms with Crippen LogP contribution in [0.4, 0.5) is 11.4 Å². The molecule has 1 amide bonds. The van der Waals surface area contributed by atoms with Gasteiger partial charge in [-0.25, -0.2) is 0 Å². The van der Waals surface area contributed by atoms with E-state index in [1.165, 1.54) is 0 Å². The normalized spacial score (nSPS) is 12.1. The number of aromatic nitrogens is 3. The van der Waals surface area contributed by atoms with Crippen LogP contribution in [-0.4, -0.2) is 20.7 Å². The Morgan fingerprint density at radius 1 is 1.47 bits per heavy atom. The van der Waals surface area contributed by atoms with Crippen LogP contribution in [0.3, 0.4) is 0 Å². The van der Waals surface area contributed by atoms with Crippen LogP contribution in [0.15, 0.2) is 24.5 Å². The Kier molecular flexibility index (Phi) is 3.37. The van der Waals surface area contributed by atoms with E-state index < -0.39 is 5.91 Å². The molecule has 0 spiro atoms. The van der Waals surface area contributed by atoms with Gasteiger partial charge in [0.2, 0.25) is 5.91 Å². The van der Waals surface area contributed by atoms with Gasteiger partial charge in [0.05, 0.1) is 17.4 Å². The van der Waals surface area contributed by atoms with E-state index in [0.29, 0.717) is 16.9 Å². The van der Waals surface area contributed by atoms with Gasteiger partial charge in [-0.3, -0.25) is 4.79 Å². The Morgan fingerprint density at radius 2 is 2.21 bits per heavy atom. The van der Waals surface area contributed by atoms with Crippen LogP contribution in [0.2, 0.25) is 0 Å². The van der Waals surface area contributed by atoms with Crippen molar-refractivity contribution in [2.45, 2.75) is 13.0 Å². The first-order chi connectivity index (χ1) is 8.99. The zero-order valence-corrected chi connectivity index (χ0v) is 10.8. The van der Waals surface area contributed by atoms with Crippen molar-refractivity contribution in [3.8, 4) is 0 Å². The standard InChI is InChI=1S/C12H16N6O/c1-7(12-17-15-6-18(12)2)16-10-5-8(11(14)19)3-4-9(10)13/h3-7,16H,13H2,1-2H3,(H2,14,19). The lowest BCUT2D eigenvalue weighted by molar-refractivity contribution is 0.100. The zero-order valence-electron chi connectivity index (χ0n) is 10.8. The second-order valence-electron chi connectivity index (χ2n) is 4.33. The van der Waals surface area contributed by atoms with Crippen molar-refractivity contribution >= 4 is 17.3 Å². The van der Waals surface area contributed by atoms with Gasteiger partial charge in [-0.15, -0.1) is 10.2 Å². The number of anilines is 2. The van der Waals surface area contributed by atoms with Gasteiger partial charge in [-0.1, -0.05) is 0 Å². The molecule has 2 rings (SSSR count). The Hall–Kier alpha value is -2.57. The topological polar surface area (TPSA) is 112 Å². The first kappa shape index (κ1) is 12.9. The monoisotopic (exact) mass is 260 g/mol. The molecule has 0 bridgehead atoms. The van der Waals surface area contributed by atoms with E-state index in [0.717, 1.165) is 5.82 Å². The van der Waals surface area contributed by atoms with Crippen molar-refractivity contribution in [2.24, 2.45) is 12.8 Å². The molecule has 0 aliphatic rings. The summed E-state index contributed by atoms with van der Waals surface area (Å²) in [7, 11) is 1.86. The molecular formula is C12H16N6O. The average molecular weight is 260 g/mol. The third-order valence-corrected chi connectivity index (χ3v) is 2.84. The molecule has 2 aromatic rings. The first-order valence-corrected chi connectivity index (χ1v) is 5.79. The molecular weight excluding hydrogens is 244 g/mol. The minimum Gasteiger partial charge on any atom is -0.397 e. The number of carbonyl (C=O) groups is 1. The van der Waals surface area contributed by atoms with E-state index in [-0.39, 0.29) is 6.04 Å². The fourth-order valence-electron chi connectivity index (χ4n) is 1.82. The fourth-order valence-corrected chi connectivity index (χ4v) is 1.82. The number of aryl methyl sites for hydroxylation is 1. The fraction of sp³-hybridized carbons (Fsp3) is 0.250. The maximum absolute atomic E-state index is 11.2. The molecule has 0 fully saturated rings. The third kappa shape index (κ3) is 2.65. The molecule has 0 saturated heterocycles. The number of nitrogens with one attached hydrogen (secondary N) is 1. The number of primary amides is 1. The van der Waals surface area contributed by atoms with Crippen molar-refractivity contribution in [3.05, 3.63) is 35.9 Å². The lowest BCUT2D eigenvalue weighted by Gasteiger charge is -2.16. The molecule has 0 aliphatic carbocycles. The summed E-state index contributed by atoms with van der Waals surface area (Å²) in [5.74, 6) is 0.276. The summed E-state index contributed by atoms with van der Waals surface area (Å²) < 4.78 is 1.81. The van der Waals surface area contributed by atoms with Crippen molar-refractivity contribution < 1.29 is 4.79 Å². The van der Waals surface area contributed by atoms with Crippen LogP contribution in [-0.2, 0) is 7.05 Å². The van der Waals surface area contributed by atoms with Crippen LogP contribution >= 0.6 is 0 Å². The SMILES string of the molecule is CC(Nc1cc(C(N)=O)ccc1N)c1nncn1C. The van der Waals surface area contributed by atoms with Crippen LogP contribution in [0.25, 0.3) is 0 Å². The Balaban J connectivity index is 2.26. The summed E-state index contributed by atoms with van der Waals surface area (Å²) in [5.41, 5.74) is 12.7. The summed E-state index contributed by atoms with van der Waals surface area (Å²) in [4.78, 5) is 11.2. The highest BCUT2D eigenvalue weighted by Gasteiger charge is 2.13. The van der Waals surface area contributed by atoms with E-state index in [1.807, 2.05) is 18.5 Å². The molecule has 0 saturated carbocycles. The van der Waals surface area contributed by atoms with Crippen LogP contribution in [0.5, 0.6) is 0 Å². The molecule has 0 aliphatic heterocycles. The number of hydrogen-bond donors (Lipinski definition) is 3. The van der Waals surface area contributed by atoms with Crippen molar-refractivity contribution in [1.29, 1.82) is 0 Å². The Labute approximate surface area is 110 Å². The van der Waals surface area contributed by atoms with E-state index in [2.05, 4.69) is 15.5 Å². The highest BCUT2D eigenvalue weighted by molar-refractivity contribution is 5.94. The number of nitrogens with two attached hydrogens (primary N) is 2. The molecule has 100 valence electrons. The van der Waals surface area contributed by atoms with E-state index in [4.69, 9.17) is 11.5 Å². The number of hydrogen-bond acceptors (Lipinski definition) is 5. The Bertz CT molecular complexity index is 606. The minimum atomic E-state index is -0.491. The van der Waals surface area contributed by atoms with Gasteiger partial charge < -0.3 is 21.4 Å². The smallest absolute Gasteiger partial charge is 0.248 e. The van der Waals surface area contributed by atoms with Gasteiger partial charge >= 0.3 is 0 Å². The minimum absolute atomic E-state index is 0.0991. The number of carbonyl (C=O) groups excluding carboxylic acids is 1. The van der Waals surface area contributed by atoms with Gasteiger partial charge in [0, 0.05) is 12.6 Å². The number of benzene rings is 1. The molecule has 1 heterocycles. The highest BCUT2D eigenvalue weighted by atomic mass is 16.1. The van der Waals surface area contributed by atoms with Gasteiger partial charge in [-0.05, 0) is 25.1 Å². The summed E-state index contributed by atoms with van der Waals surface area (Å²) >= 11 is 0. The van der Waals surface area contributed by atoms with Gasteiger partial charge in [0.25, 0.3) is 0 Å². The van der Waals surface area contributed by atoms with Crippen LogP contribution in [0, 0.1) is 0 Å². The Morgan fingerprint density at radius 3 is 2.79 bits per heavy atom.